The Bertz CT molecular complexity index is 366. The van der Waals surface area contributed by atoms with Crippen molar-refractivity contribution in [2.24, 2.45) is 0 Å². The van der Waals surface area contributed by atoms with Gasteiger partial charge in [0.1, 0.15) is 5.60 Å². The lowest BCUT2D eigenvalue weighted by atomic mass is 10.1. The van der Waals surface area contributed by atoms with Gasteiger partial charge in [0, 0.05) is 13.0 Å². The van der Waals surface area contributed by atoms with Crippen molar-refractivity contribution in [1.82, 2.24) is 15.4 Å². The normalized spacial score (nSPS) is 19.6. The molecule has 5 nitrogen and oxygen atoms in total. The first-order chi connectivity index (χ1) is 7.46. The molecule has 1 N–H and O–H groups in total. The summed E-state index contributed by atoms with van der Waals surface area (Å²) < 4.78 is 5.33. The first-order valence-corrected chi connectivity index (χ1v) is 5.45. The molecule has 0 bridgehead atoms. The van der Waals surface area contributed by atoms with Crippen LogP contribution in [0.5, 0.6) is 0 Å². The van der Waals surface area contributed by atoms with Gasteiger partial charge in [0.2, 0.25) is 0 Å². The zero-order chi connectivity index (χ0) is 11.8. The minimum absolute atomic E-state index is 0.251. The minimum atomic E-state index is -0.437. The topological polar surface area (TPSA) is 55.7 Å². The SMILES string of the molecule is CC(C)(C)OC(=O)N1CCC2=C(C=[N+]N2)C1. The van der Waals surface area contributed by atoms with Crippen molar-refractivity contribution in [3.63, 3.8) is 0 Å². The third-order valence-electron chi connectivity index (χ3n) is 2.45. The van der Waals surface area contributed by atoms with Crippen LogP contribution in [0.25, 0.3) is 0 Å². The standard InChI is InChI=1S/C11H17N3O2/c1-11(2,3)16-10(15)14-5-4-9-8(7-14)6-12-13-9/h6,13H,4-5,7H2,1-3H3/q+1. The van der Waals surface area contributed by atoms with Crippen molar-refractivity contribution in [1.29, 1.82) is 0 Å². The molecule has 2 rings (SSSR count). The lowest BCUT2D eigenvalue weighted by Crippen LogP contribution is -2.41. The number of hydrazone groups is 1. The third-order valence-corrected chi connectivity index (χ3v) is 2.45. The monoisotopic (exact) mass is 223 g/mol. The van der Waals surface area contributed by atoms with Gasteiger partial charge in [0.05, 0.1) is 17.8 Å². The first kappa shape index (κ1) is 11.0. The summed E-state index contributed by atoms with van der Waals surface area (Å²) in [5, 5.41) is 3.97. The van der Waals surface area contributed by atoms with Gasteiger partial charge in [-0.05, 0) is 20.8 Å². The van der Waals surface area contributed by atoms with E-state index in [0.717, 1.165) is 17.7 Å². The summed E-state index contributed by atoms with van der Waals surface area (Å²) in [4.78, 5) is 13.5. The summed E-state index contributed by atoms with van der Waals surface area (Å²) in [5.74, 6) is 0. The molecule has 2 heterocycles. The second-order valence-corrected chi connectivity index (χ2v) is 5.03. The Hall–Kier alpha value is -1.52. The highest BCUT2D eigenvalue weighted by Gasteiger charge is 2.31. The van der Waals surface area contributed by atoms with Gasteiger partial charge >= 0.3 is 6.09 Å². The van der Waals surface area contributed by atoms with Crippen molar-refractivity contribution in [3.8, 4) is 0 Å². The molecule has 0 aromatic rings. The van der Waals surface area contributed by atoms with E-state index in [1.807, 2.05) is 20.8 Å². The van der Waals surface area contributed by atoms with Gasteiger partial charge in [-0.2, -0.15) is 0 Å². The smallest absolute Gasteiger partial charge is 0.410 e. The molecule has 5 heteroatoms. The van der Waals surface area contributed by atoms with Crippen LogP contribution in [0.2, 0.25) is 0 Å². The van der Waals surface area contributed by atoms with E-state index in [2.05, 4.69) is 10.5 Å². The number of nitrogens with zero attached hydrogens (tertiary/aromatic N) is 2. The van der Waals surface area contributed by atoms with E-state index < -0.39 is 5.60 Å². The van der Waals surface area contributed by atoms with Crippen molar-refractivity contribution >= 4 is 12.3 Å². The van der Waals surface area contributed by atoms with E-state index in [1.165, 1.54) is 0 Å². The predicted molar refractivity (Wildman–Crippen MR) is 60.8 cm³/mol. The molecular formula is C11H17N3O2+. The van der Waals surface area contributed by atoms with Gasteiger partial charge in [-0.15, -0.1) is 5.43 Å². The van der Waals surface area contributed by atoms with Crippen LogP contribution in [0.4, 0.5) is 4.79 Å². The molecule has 1 radical (unpaired) electrons. The van der Waals surface area contributed by atoms with Crippen LogP contribution in [-0.2, 0) is 4.74 Å². The summed E-state index contributed by atoms with van der Waals surface area (Å²) in [6.45, 7) is 6.89. The Kier molecular flexibility index (Phi) is 2.61. The Morgan fingerprint density at radius 1 is 1.56 bits per heavy atom. The first-order valence-electron chi connectivity index (χ1n) is 5.45. The minimum Gasteiger partial charge on any atom is -0.444 e. The Labute approximate surface area is 95.1 Å². The number of hydrogen-bond donors (Lipinski definition) is 1. The van der Waals surface area contributed by atoms with Gasteiger partial charge in [0.25, 0.3) is 6.21 Å². The molecule has 0 unspecified atom stereocenters. The number of ether oxygens (including phenoxy) is 1. The summed E-state index contributed by atoms with van der Waals surface area (Å²) in [5.41, 5.74) is 4.71. The Morgan fingerprint density at radius 2 is 2.31 bits per heavy atom. The van der Waals surface area contributed by atoms with E-state index in [1.54, 1.807) is 11.1 Å². The second kappa shape index (κ2) is 3.81. The number of amides is 1. The van der Waals surface area contributed by atoms with Crippen LogP contribution >= 0.6 is 0 Å². The van der Waals surface area contributed by atoms with E-state index in [-0.39, 0.29) is 6.09 Å². The van der Waals surface area contributed by atoms with Crippen LogP contribution in [-0.4, -0.2) is 35.9 Å². The number of carbonyl (C=O) groups is 1. The quantitative estimate of drug-likeness (QED) is 0.661. The molecule has 87 valence electrons. The average Bonchev–Trinajstić information content (AvgIpc) is 2.61. The zero-order valence-electron chi connectivity index (χ0n) is 9.91. The number of nitrogens with one attached hydrogen (secondary N) is 1. The summed E-state index contributed by atoms with van der Waals surface area (Å²) in [7, 11) is 0. The maximum atomic E-state index is 11.8. The van der Waals surface area contributed by atoms with Crippen LogP contribution in [0, 0.1) is 0 Å². The molecule has 0 fully saturated rings. The Morgan fingerprint density at radius 3 is 3.00 bits per heavy atom. The zero-order valence-corrected chi connectivity index (χ0v) is 9.91. The van der Waals surface area contributed by atoms with Crippen LogP contribution in [0.1, 0.15) is 27.2 Å². The van der Waals surface area contributed by atoms with Gasteiger partial charge < -0.3 is 9.64 Å². The molecule has 2 aliphatic rings. The molecule has 0 atom stereocenters. The maximum absolute atomic E-state index is 11.8. The Balaban J connectivity index is 1.98. The molecule has 0 saturated carbocycles. The lowest BCUT2D eigenvalue weighted by molar-refractivity contribution is 0.0262. The molecule has 0 aromatic heterocycles. The maximum Gasteiger partial charge on any atom is 0.410 e. The summed E-state index contributed by atoms with van der Waals surface area (Å²) in [6.07, 6.45) is 2.33. The fraction of sp³-hybridized carbons (Fsp3) is 0.636. The highest BCUT2D eigenvalue weighted by Crippen LogP contribution is 2.18. The molecule has 0 aliphatic carbocycles. The molecule has 1 amide bonds. The predicted octanol–water partition coefficient (Wildman–Crippen LogP) is 0.806. The molecular weight excluding hydrogens is 206 g/mol. The van der Waals surface area contributed by atoms with E-state index in [9.17, 15) is 4.79 Å². The average molecular weight is 223 g/mol. The van der Waals surface area contributed by atoms with Crippen LogP contribution < -0.4 is 10.5 Å². The van der Waals surface area contributed by atoms with Crippen molar-refractivity contribution in [2.75, 3.05) is 13.1 Å². The van der Waals surface area contributed by atoms with Gasteiger partial charge in [-0.3, -0.25) is 0 Å². The number of hydrogen-bond acceptors (Lipinski definition) is 4. The molecule has 0 spiro atoms. The molecule has 0 saturated heterocycles. The van der Waals surface area contributed by atoms with E-state index >= 15 is 0 Å². The fourth-order valence-corrected chi connectivity index (χ4v) is 1.70. The van der Waals surface area contributed by atoms with Crippen LogP contribution in [0.3, 0.4) is 0 Å². The molecule has 16 heavy (non-hydrogen) atoms. The number of rotatable bonds is 0. The van der Waals surface area contributed by atoms with Crippen LogP contribution in [0.15, 0.2) is 11.3 Å². The van der Waals surface area contributed by atoms with E-state index in [4.69, 9.17) is 4.74 Å². The highest BCUT2D eigenvalue weighted by atomic mass is 16.6. The summed E-state index contributed by atoms with van der Waals surface area (Å²) in [6, 6.07) is 0. The molecule has 2 aliphatic heterocycles. The van der Waals surface area contributed by atoms with Crippen molar-refractivity contribution in [2.45, 2.75) is 32.8 Å². The van der Waals surface area contributed by atoms with Crippen molar-refractivity contribution in [3.05, 3.63) is 11.3 Å². The van der Waals surface area contributed by atoms with Gasteiger partial charge in [-0.25, -0.2) is 4.79 Å². The lowest BCUT2D eigenvalue weighted by Gasteiger charge is -2.29. The van der Waals surface area contributed by atoms with Gasteiger partial charge in [0.15, 0.2) is 5.10 Å². The second-order valence-electron chi connectivity index (χ2n) is 5.03. The number of carbonyl (C=O) groups excluding carboxylic acids is 1. The highest BCUT2D eigenvalue weighted by molar-refractivity contribution is 5.83. The summed E-state index contributed by atoms with van der Waals surface area (Å²) >= 11 is 0. The van der Waals surface area contributed by atoms with Gasteiger partial charge in [-0.1, -0.05) is 0 Å². The largest absolute Gasteiger partial charge is 0.444 e. The van der Waals surface area contributed by atoms with Crippen molar-refractivity contribution < 1.29 is 9.53 Å². The van der Waals surface area contributed by atoms with E-state index in [0.29, 0.717) is 13.1 Å². The fourth-order valence-electron chi connectivity index (χ4n) is 1.70. The third kappa shape index (κ3) is 2.35. The molecule has 0 aromatic carbocycles.